The van der Waals surface area contributed by atoms with E-state index in [0.29, 0.717) is 31.5 Å². The molecule has 0 aliphatic heterocycles. The van der Waals surface area contributed by atoms with Crippen LogP contribution < -0.4 is 21.3 Å². The lowest BCUT2D eigenvalue weighted by Crippen LogP contribution is -2.53. The number of amides is 3. The van der Waals surface area contributed by atoms with Gasteiger partial charge < -0.3 is 26.4 Å². The fourth-order valence-electron chi connectivity index (χ4n) is 4.31. The van der Waals surface area contributed by atoms with Crippen LogP contribution in [0.4, 0.5) is 5.69 Å². The highest BCUT2D eigenvalue weighted by atomic mass is 16.3. The highest BCUT2D eigenvalue weighted by Gasteiger charge is 2.27. The zero-order chi connectivity index (χ0) is 29.7. The second kappa shape index (κ2) is 20.0. The van der Waals surface area contributed by atoms with Gasteiger partial charge in [-0.05, 0) is 74.5 Å². The molecule has 0 radical (unpaired) electrons. The molecular formula is C30H43N7O4. The first-order valence-corrected chi connectivity index (χ1v) is 14.3. The predicted octanol–water partition coefficient (Wildman–Crippen LogP) is 3.98. The summed E-state index contributed by atoms with van der Waals surface area (Å²) in [6.07, 6.45) is 5.67. The Kier molecular flexibility index (Phi) is 16.3. The number of nitrogens with one attached hydrogen (secondary N) is 4. The maximum atomic E-state index is 13.5. The number of unbranched alkanes of at least 4 members (excludes halogenated alkanes) is 4. The van der Waals surface area contributed by atoms with Crippen LogP contribution in [0.25, 0.3) is 10.4 Å². The van der Waals surface area contributed by atoms with E-state index in [9.17, 15) is 19.5 Å². The number of aliphatic hydroxyl groups is 1. The summed E-state index contributed by atoms with van der Waals surface area (Å²) in [4.78, 5) is 42.3. The Balaban J connectivity index is 2.07. The van der Waals surface area contributed by atoms with E-state index in [1.165, 1.54) is 0 Å². The van der Waals surface area contributed by atoms with Crippen molar-refractivity contribution in [1.29, 1.82) is 0 Å². The van der Waals surface area contributed by atoms with Crippen molar-refractivity contribution in [3.8, 4) is 0 Å². The minimum Gasteiger partial charge on any atom is -0.392 e. The first kappa shape index (κ1) is 33.3. The number of nitrogens with zero attached hydrogens (tertiary/aromatic N) is 3. The van der Waals surface area contributed by atoms with Crippen molar-refractivity contribution in [2.75, 3.05) is 25.5 Å². The van der Waals surface area contributed by atoms with Gasteiger partial charge in [0.2, 0.25) is 17.7 Å². The Hall–Kier alpha value is -3.92. The molecule has 2 aromatic rings. The highest BCUT2D eigenvalue weighted by Crippen LogP contribution is 2.13. The molecule has 0 aromatic heterocycles. The zero-order valence-corrected chi connectivity index (χ0v) is 23.8. The average Bonchev–Trinajstić information content (AvgIpc) is 2.98. The number of hydrogen-bond acceptors (Lipinski definition) is 6. The standard InChI is InChI=1S/C30H43N7O4/c1-32-19-10-8-13-26(29(40)34-25-17-15-24(22-38)16-18-25)36-30(41)27(21-23-11-5-4-6-12-23)35-28(39)14-7-2-3-9-20-33-37-31/h4-6,11-12,15-18,26-27,32,38H,2-3,7-10,13-14,19-22H2,1H3,(H,34,40)(H,35,39)(H,36,41)/t26-,27-/m0/s1. The molecule has 0 saturated heterocycles. The Morgan fingerprint density at radius 1 is 0.854 bits per heavy atom. The van der Waals surface area contributed by atoms with Gasteiger partial charge in [-0.1, -0.05) is 60.4 Å². The second-order valence-corrected chi connectivity index (χ2v) is 9.93. The van der Waals surface area contributed by atoms with Crippen molar-refractivity contribution in [3.63, 3.8) is 0 Å². The number of azide groups is 1. The molecule has 0 spiro atoms. The highest BCUT2D eigenvalue weighted by molar-refractivity contribution is 5.98. The normalized spacial score (nSPS) is 12.0. The molecule has 2 atom stereocenters. The molecular weight excluding hydrogens is 522 g/mol. The number of rotatable bonds is 20. The zero-order valence-electron chi connectivity index (χ0n) is 23.8. The van der Waals surface area contributed by atoms with Crippen LogP contribution in [0.15, 0.2) is 59.7 Å². The Labute approximate surface area is 242 Å². The van der Waals surface area contributed by atoms with E-state index < -0.39 is 18.0 Å². The van der Waals surface area contributed by atoms with Gasteiger partial charge in [-0.3, -0.25) is 14.4 Å². The van der Waals surface area contributed by atoms with Gasteiger partial charge >= 0.3 is 0 Å². The lowest BCUT2D eigenvalue weighted by molar-refractivity contribution is -0.131. The van der Waals surface area contributed by atoms with E-state index in [1.807, 2.05) is 37.4 Å². The summed E-state index contributed by atoms with van der Waals surface area (Å²) < 4.78 is 0. The van der Waals surface area contributed by atoms with E-state index in [-0.39, 0.29) is 24.8 Å². The summed E-state index contributed by atoms with van der Waals surface area (Å²) in [5.41, 5.74) is 10.5. The molecule has 11 heteroatoms. The number of carbonyl (C=O) groups is 3. The first-order chi connectivity index (χ1) is 20.0. The van der Waals surface area contributed by atoms with Gasteiger partial charge in [-0.25, -0.2) is 0 Å². The van der Waals surface area contributed by atoms with Crippen LogP contribution in [-0.2, 0) is 27.4 Å². The summed E-state index contributed by atoms with van der Waals surface area (Å²) in [5, 5.41) is 24.5. The Morgan fingerprint density at radius 3 is 2.27 bits per heavy atom. The van der Waals surface area contributed by atoms with E-state index in [0.717, 1.165) is 49.8 Å². The van der Waals surface area contributed by atoms with Crippen molar-refractivity contribution in [2.45, 2.75) is 76.5 Å². The molecule has 5 N–H and O–H groups in total. The molecule has 41 heavy (non-hydrogen) atoms. The van der Waals surface area contributed by atoms with Gasteiger partial charge in [0.15, 0.2) is 0 Å². The van der Waals surface area contributed by atoms with Crippen LogP contribution in [0.3, 0.4) is 0 Å². The minimum absolute atomic E-state index is 0.0929. The monoisotopic (exact) mass is 565 g/mol. The topological polar surface area (TPSA) is 168 Å². The summed E-state index contributed by atoms with van der Waals surface area (Å²) in [6, 6.07) is 14.7. The molecule has 0 saturated carbocycles. The van der Waals surface area contributed by atoms with E-state index >= 15 is 0 Å². The van der Waals surface area contributed by atoms with Crippen LogP contribution in [0, 0.1) is 0 Å². The number of anilines is 1. The first-order valence-electron chi connectivity index (χ1n) is 14.3. The number of aliphatic hydroxyl groups excluding tert-OH is 1. The third-order valence-corrected chi connectivity index (χ3v) is 6.62. The van der Waals surface area contributed by atoms with Crippen molar-refractivity contribution in [3.05, 3.63) is 76.2 Å². The van der Waals surface area contributed by atoms with Crippen molar-refractivity contribution >= 4 is 23.4 Å². The Bertz CT molecular complexity index is 1110. The summed E-state index contributed by atoms with van der Waals surface area (Å²) in [6.45, 7) is 1.15. The SMILES string of the molecule is CNCCCC[C@H](NC(=O)[C@H](Cc1ccccc1)NC(=O)CCCCCCN=[N+]=[N-])C(=O)Nc1ccc(CO)cc1. The molecule has 0 heterocycles. The Morgan fingerprint density at radius 2 is 1.59 bits per heavy atom. The van der Waals surface area contributed by atoms with Crippen LogP contribution in [-0.4, -0.2) is 55.0 Å². The second-order valence-electron chi connectivity index (χ2n) is 9.93. The molecule has 0 fully saturated rings. The molecule has 2 aromatic carbocycles. The summed E-state index contributed by atoms with van der Waals surface area (Å²) >= 11 is 0. The number of benzene rings is 2. The smallest absolute Gasteiger partial charge is 0.246 e. The van der Waals surface area contributed by atoms with E-state index in [4.69, 9.17) is 5.53 Å². The quantitative estimate of drug-likeness (QED) is 0.0707. The number of hydrogen-bond donors (Lipinski definition) is 5. The molecule has 0 bridgehead atoms. The molecule has 222 valence electrons. The van der Waals surface area contributed by atoms with Gasteiger partial charge in [0.1, 0.15) is 12.1 Å². The third-order valence-electron chi connectivity index (χ3n) is 6.62. The fraction of sp³-hybridized carbons (Fsp3) is 0.500. The molecule has 0 aliphatic carbocycles. The van der Waals surface area contributed by atoms with Crippen molar-refractivity contribution < 1.29 is 19.5 Å². The lowest BCUT2D eigenvalue weighted by atomic mass is 10.0. The van der Waals surface area contributed by atoms with Crippen LogP contribution >= 0.6 is 0 Å². The third kappa shape index (κ3) is 13.8. The number of carbonyl (C=O) groups excluding carboxylic acids is 3. The minimum atomic E-state index is -0.841. The van der Waals surface area contributed by atoms with Crippen LogP contribution in [0.5, 0.6) is 0 Å². The maximum absolute atomic E-state index is 13.5. The van der Waals surface area contributed by atoms with Crippen LogP contribution in [0.2, 0.25) is 0 Å². The molecule has 2 rings (SSSR count). The molecule has 3 amide bonds. The summed E-state index contributed by atoms with van der Waals surface area (Å²) in [7, 11) is 1.86. The fourth-order valence-corrected chi connectivity index (χ4v) is 4.31. The predicted molar refractivity (Wildman–Crippen MR) is 160 cm³/mol. The van der Waals surface area contributed by atoms with Gasteiger partial charge in [0.25, 0.3) is 0 Å². The molecule has 11 nitrogen and oxygen atoms in total. The van der Waals surface area contributed by atoms with Gasteiger partial charge in [-0.2, -0.15) is 0 Å². The average molecular weight is 566 g/mol. The van der Waals surface area contributed by atoms with Crippen molar-refractivity contribution in [1.82, 2.24) is 16.0 Å². The molecule has 0 unspecified atom stereocenters. The van der Waals surface area contributed by atoms with E-state index in [1.54, 1.807) is 24.3 Å². The van der Waals surface area contributed by atoms with Gasteiger partial charge in [0, 0.05) is 30.0 Å². The largest absolute Gasteiger partial charge is 0.392 e. The van der Waals surface area contributed by atoms with E-state index in [2.05, 4.69) is 31.3 Å². The van der Waals surface area contributed by atoms with Crippen molar-refractivity contribution in [2.24, 2.45) is 5.11 Å². The van der Waals surface area contributed by atoms with Gasteiger partial charge in [0.05, 0.1) is 6.61 Å². The maximum Gasteiger partial charge on any atom is 0.246 e. The van der Waals surface area contributed by atoms with Crippen LogP contribution in [0.1, 0.15) is 62.5 Å². The summed E-state index contributed by atoms with van der Waals surface area (Å²) in [5.74, 6) is -0.985. The molecule has 0 aliphatic rings. The lowest BCUT2D eigenvalue weighted by Gasteiger charge is -2.23. The van der Waals surface area contributed by atoms with Gasteiger partial charge in [-0.15, -0.1) is 0 Å².